The van der Waals surface area contributed by atoms with E-state index in [0.717, 1.165) is 12.1 Å². The molecule has 6 heteroatoms. The Bertz CT molecular complexity index is 502. The molecule has 0 bridgehead atoms. The monoisotopic (exact) mass is 299 g/mol. The average molecular weight is 299 g/mol. The quantitative estimate of drug-likeness (QED) is 0.908. The summed E-state index contributed by atoms with van der Waals surface area (Å²) in [5.41, 5.74) is 0.347. The molecular formula is C15H19F2NO3. The van der Waals surface area contributed by atoms with Crippen molar-refractivity contribution in [3.63, 3.8) is 0 Å². The van der Waals surface area contributed by atoms with Crippen molar-refractivity contribution in [3.05, 3.63) is 35.4 Å². The summed E-state index contributed by atoms with van der Waals surface area (Å²) >= 11 is 0. The Hall–Kier alpha value is -1.53. The van der Waals surface area contributed by atoms with Crippen molar-refractivity contribution < 1.29 is 23.4 Å². The molecule has 0 amide bonds. The minimum absolute atomic E-state index is 0.0816. The summed E-state index contributed by atoms with van der Waals surface area (Å²) < 4.78 is 32.3. The zero-order chi connectivity index (χ0) is 15.4. The molecule has 1 aliphatic rings. The largest absolute Gasteiger partial charge is 0.480 e. The minimum Gasteiger partial charge on any atom is -0.480 e. The molecule has 0 spiro atoms. The van der Waals surface area contributed by atoms with E-state index in [-0.39, 0.29) is 18.8 Å². The molecule has 1 aromatic rings. The SMILES string of the molecule is CC(c1cc(F)ccc1F)N1CCC(OCC(=O)O)CC1. The highest BCUT2D eigenvalue weighted by Crippen LogP contribution is 2.27. The average Bonchev–Trinajstić information content (AvgIpc) is 2.47. The predicted octanol–water partition coefficient (Wildman–Crippen LogP) is 2.59. The fourth-order valence-electron chi connectivity index (χ4n) is 2.65. The Morgan fingerprint density at radius 2 is 2.10 bits per heavy atom. The third-order valence-electron chi connectivity index (χ3n) is 3.87. The van der Waals surface area contributed by atoms with Gasteiger partial charge in [0.1, 0.15) is 18.2 Å². The van der Waals surface area contributed by atoms with Crippen molar-refractivity contribution >= 4 is 5.97 Å². The number of aliphatic carboxylic acids is 1. The normalized spacial score (nSPS) is 18.6. The second-order valence-electron chi connectivity index (χ2n) is 5.28. The molecular weight excluding hydrogens is 280 g/mol. The highest BCUT2D eigenvalue weighted by molar-refractivity contribution is 5.68. The van der Waals surface area contributed by atoms with Gasteiger partial charge in [-0.3, -0.25) is 4.90 Å². The van der Waals surface area contributed by atoms with E-state index in [2.05, 4.69) is 4.90 Å². The summed E-state index contributed by atoms with van der Waals surface area (Å²) in [5, 5.41) is 8.58. The van der Waals surface area contributed by atoms with E-state index in [1.165, 1.54) is 6.07 Å². The van der Waals surface area contributed by atoms with Gasteiger partial charge in [0.05, 0.1) is 6.10 Å². The number of hydrogen-bond donors (Lipinski definition) is 1. The van der Waals surface area contributed by atoms with Crippen molar-refractivity contribution in [2.24, 2.45) is 0 Å². The lowest BCUT2D eigenvalue weighted by molar-refractivity contribution is -0.145. The molecule has 1 fully saturated rings. The summed E-state index contributed by atoms with van der Waals surface area (Å²) in [6, 6.07) is 3.26. The fourth-order valence-corrected chi connectivity index (χ4v) is 2.65. The third kappa shape index (κ3) is 4.22. The van der Waals surface area contributed by atoms with Gasteiger partial charge in [0.15, 0.2) is 0 Å². The van der Waals surface area contributed by atoms with Crippen LogP contribution in [0, 0.1) is 11.6 Å². The number of carbonyl (C=O) groups is 1. The second kappa shape index (κ2) is 6.95. The maximum atomic E-state index is 13.8. The number of carboxylic acid groups (broad SMARTS) is 1. The summed E-state index contributed by atoms with van der Waals surface area (Å²) in [5.74, 6) is -1.83. The van der Waals surface area contributed by atoms with Crippen molar-refractivity contribution in [1.82, 2.24) is 4.90 Å². The van der Waals surface area contributed by atoms with Gasteiger partial charge in [-0.15, -0.1) is 0 Å². The Labute approximate surface area is 122 Å². The molecule has 116 valence electrons. The van der Waals surface area contributed by atoms with E-state index in [9.17, 15) is 13.6 Å². The van der Waals surface area contributed by atoms with E-state index < -0.39 is 17.6 Å². The number of carboxylic acids is 1. The van der Waals surface area contributed by atoms with Crippen molar-refractivity contribution in [3.8, 4) is 0 Å². The van der Waals surface area contributed by atoms with Gasteiger partial charge in [-0.05, 0) is 38.0 Å². The molecule has 21 heavy (non-hydrogen) atoms. The van der Waals surface area contributed by atoms with Gasteiger partial charge in [-0.2, -0.15) is 0 Å². The van der Waals surface area contributed by atoms with E-state index in [4.69, 9.17) is 9.84 Å². The van der Waals surface area contributed by atoms with Gasteiger partial charge in [0.25, 0.3) is 0 Å². The second-order valence-corrected chi connectivity index (χ2v) is 5.28. The van der Waals surface area contributed by atoms with Crippen LogP contribution in [0.25, 0.3) is 0 Å². The van der Waals surface area contributed by atoms with Crippen LogP contribution in [0.3, 0.4) is 0 Å². The van der Waals surface area contributed by atoms with Gasteiger partial charge >= 0.3 is 5.97 Å². The van der Waals surface area contributed by atoms with Crippen LogP contribution in [0.5, 0.6) is 0 Å². The molecule has 0 aliphatic carbocycles. The van der Waals surface area contributed by atoms with Gasteiger partial charge in [-0.25, -0.2) is 13.6 Å². The number of nitrogens with zero attached hydrogens (tertiary/aromatic N) is 1. The molecule has 4 nitrogen and oxygen atoms in total. The van der Waals surface area contributed by atoms with Gasteiger partial charge in [0, 0.05) is 24.7 Å². The van der Waals surface area contributed by atoms with Crippen LogP contribution in [-0.4, -0.2) is 41.8 Å². The summed E-state index contributed by atoms with van der Waals surface area (Å²) in [4.78, 5) is 12.5. The number of rotatable bonds is 5. The first-order chi connectivity index (χ1) is 9.97. The van der Waals surface area contributed by atoms with Crippen LogP contribution in [0.15, 0.2) is 18.2 Å². The first-order valence-corrected chi connectivity index (χ1v) is 6.99. The lowest BCUT2D eigenvalue weighted by Gasteiger charge is -2.36. The Balaban J connectivity index is 1.92. The fraction of sp³-hybridized carbons (Fsp3) is 0.533. The van der Waals surface area contributed by atoms with Crippen LogP contribution in [-0.2, 0) is 9.53 Å². The molecule has 1 saturated heterocycles. The number of halogens is 2. The van der Waals surface area contributed by atoms with E-state index in [1.54, 1.807) is 0 Å². The van der Waals surface area contributed by atoms with E-state index in [0.29, 0.717) is 31.5 Å². The molecule has 1 aliphatic heterocycles. The van der Waals surface area contributed by atoms with Crippen molar-refractivity contribution in [1.29, 1.82) is 0 Å². The maximum absolute atomic E-state index is 13.8. The smallest absolute Gasteiger partial charge is 0.329 e. The lowest BCUT2D eigenvalue weighted by Crippen LogP contribution is -2.39. The standard InChI is InChI=1S/C15H19F2NO3/c1-10(13-8-11(16)2-3-14(13)17)18-6-4-12(5-7-18)21-9-15(19)20/h2-3,8,10,12H,4-7,9H2,1H3,(H,19,20). The van der Waals surface area contributed by atoms with Crippen LogP contribution in [0.1, 0.15) is 31.4 Å². The van der Waals surface area contributed by atoms with Crippen molar-refractivity contribution in [2.75, 3.05) is 19.7 Å². The summed E-state index contributed by atoms with van der Waals surface area (Å²) in [7, 11) is 0. The topological polar surface area (TPSA) is 49.8 Å². The number of benzene rings is 1. The van der Waals surface area contributed by atoms with Crippen LogP contribution in [0.4, 0.5) is 8.78 Å². The first-order valence-electron chi connectivity index (χ1n) is 6.99. The Morgan fingerprint density at radius 1 is 1.43 bits per heavy atom. The highest BCUT2D eigenvalue weighted by atomic mass is 19.1. The molecule has 1 aromatic carbocycles. The molecule has 1 N–H and O–H groups in total. The lowest BCUT2D eigenvalue weighted by atomic mass is 10.0. The zero-order valence-electron chi connectivity index (χ0n) is 11.9. The summed E-state index contributed by atoms with van der Waals surface area (Å²) in [6.45, 7) is 2.89. The first kappa shape index (κ1) is 15.9. The Kier molecular flexibility index (Phi) is 5.25. The van der Waals surface area contributed by atoms with Crippen LogP contribution < -0.4 is 0 Å². The predicted molar refractivity (Wildman–Crippen MR) is 73.0 cm³/mol. The number of piperidine rings is 1. The summed E-state index contributed by atoms with van der Waals surface area (Å²) in [6.07, 6.45) is 1.30. The molecule has 1 unspecified atom stereocenters. The molecule has 0 saturated carbocycles. The molecule has 1 heterocycles. The molecule has 1 atom stereocenters. The highest BCUT2D eigenvalue weighted by Gasteiger charge is 2.26. The van der Waals surface area contributed by atoms with Gasteiger partial charge in [0.2, 0.25) is 0 Å². The molecule has 2 rings (SSSR count). The van der Waals surface area contributed by atoms with Crippen LogP contribution >= 0.6 is 0 Å². The van der Waals surface area contributed by atoms with E-state index in [1.807, 2.05) is 6.92 Å². The number of likely N-dealkylation sites (tertiary alicyclic amines) is 1. The number of hydrogen-bond acceptors (Lipinski definition) is 3. The molecule has 0 radical (unpaired) electrons. The van der Waals surface area contributed by atoms with E-state index >= 15 is 0 Å². The van der Waals surface area contributed by atoms with Gasteiger partial charge < -0.3 is 9.84 Å². The number of ether oxygens (including phenoxy) is 1. The Morgan fingerprint density at radius 3 is 2.71 bits per heavy atom. The minimum atomic E-state index is -0.979. The zero-order valence-corrected chi connectivity index (χ0v) is 11.9. The van der Waals surface area contributed by atoms with Crippen molar-refractivity contribution in [2.45, 2.75) is 31.9 Å². The third-order valence-corrected chi connectivity index (χ3v) is 3.87. The molecule has 0 aromatic heterocycles. The maximum Gasteiger partial charge on any atom is 0.329 e. The van der Waals surface area contributed by atoms with Gasteiger partial charge in [-0.1, -0.05) is 0 Å². The van der Waals surface area contributed by atoms with Crippen LogP contribution in [0.2, 0.25) is 0 Å².